The number of carbonyl (C=O) groups excluding carboxylic acids is 1. The Morgan fingerprint density at radius 3 is 2.38 bits per heavy atom. The van der Waals surface area contributed by atoms with E-state index in [1.807, 2.05) is 24.3 Å². The summed E-state index contributed by atoms with van der Waals surface area (Å²) in [5.41, 5.74) is 1.82. The molecule has 2 aromatic carbocycles. The molecule has 0 aliphatic rings. The number of nitrogens with one attached hydrogen (secondary N) is 1. The van der Waals surface area contributed by atoms with Crippen LogP contribution in [0.2, 0.25) is 5.02 Å². The zero-order valence-corrected chi connectivity index (χ0v) is 13.4. The van der Waals surface area contributed by atoms with E-state index in [1.54, 1.807) is 18.2 Å². The number of thiol groups is 1. The number of ether oxygens (including phenoxy) is 1. The van der Waals surface area contributed by atoms with E-state index in [-0.39, 0.29) is 0 Å². The van der Waals surface area contributed by atoms with Crippen molar-refractivity contribution in [2.24, 2.45) is 0 Å². The number of amides is 1. The lowest BCUT2D eigenvalue weighted by molar-refractivity contribution is 0.270. The summed E-state index contributed by atoms with van der Waals surface area (Å²) in [7, 11) is 0. The molecule has 0 bridgehead atoms. The Morgan fingerprint density at radius 1 is 1.19 bits per heavy atom. The maximum atomic E-state index is 10.9. The quantitative estimate of drug-likeness (QED) is 0.707. The summed E-state index contributed by atoms with van der Waals surface area (Å²) in [6.45, 7) is 4.28. The van der Waals surface area contributed by atoms with Gasteiger partial charge in [-0.15, -0.1) is 0 Å². The maximum absolute atomic E-state index is 10.9. The van der Waals surface area contributed by atoms with E-state index in [1.165, 1.54) is 5.56 Å². The van der Waals surface area contributed by atoms with Gasteiger partial charge in [-0.1, -0.05) is 50.2 Å². The van der Waals surface area contributed by atoms with Gasteiger partial charge in [0.1, 0.15) is 11.5 Å². The van der Waals surface area contributed by atoms with E-state index in [4.69, 9.17) is 16.3 Å². The number of halogens is 1. The Kier molecular flexibility index (Phi) is 5.15. The summed E-state index contributed by atoms with van der Waals surface area (Å²) in [5, 5.41) is 2.52. The fourth-order valence-electron chi connectivity index (χ4n) is 1.83. The Labute approximate surface area is 134 Å². The second kappa shape index (κ2) is 6.87. The largest absolute Gasteiger partial charge is 0.456 e. The van der Waals surface area contributed by atoms with Gasteiger partial charge in [-0.2, -0.15) is 0 Å². The first-order valence-electron chi connectivity index (χ1n) is 6.53. The lowest BCUT2D eigenvalue weighted by atomic mass is 10.0. The van der Waals surface area contributed by atoms with Crippen molar-refractivity contribution in [3.63, 3.8) is 0 Å². The Balaban J connectivity index is 2.14. The Hall–Kier alpha value is -1.65. The third-order valence-corrected chi connectivity index (χ3v) is 3.36. The first-order valence-corrected chi connectivity index (χ1v) is 7.35. The van der Waals surface area contributed by atoms with Crippen molar-refractivity contribution >= 4 is 35.2 Å². The molecule has 0 saturated carbocycles. The maximum Gasteiger partial charge on any atom is 0.280 e. The van der Waals surface area contributed by atoms with Crippen LogP contribution in [-0.4, -0.2) is 5.24 Å². The molecule has 0 aliphatic carbocycles. The standard InChI is InChI=1S/C16H16ClNO2S/c1-10(2)11-3-6-13(7-4-11)20-15-8-5-12(9-14(15)17)18-16(19)21/h3-10H,1-2H3,(H2,18,19,21). The monoisotopic (exact) mass is 321 g/mol. The van der Waals surface area contributed by atoms with Gasteiger partial charge in [-0.05, 0) is 41.8 Å². The van der Waals surface area contributed by atoms with Gasteiger partial charge in [0.15, 0.2) is 0 Å². The highest BCUT2D eigenvalue weighted by Gasteiger charge is 2.06. The second-order valence-electron chi connectivity index (χ2n) is 4.90. The number of hydrogen-bond acceptors (Lipinski definition) is 2. The lowest BCUT2D eigenvalue weighted by Gasteiger charge is -2.11. The van der Waals surface area contributed by atoms with Crippen LogP contribution in [-0.2, 0) is 0 Å². The van der Waals surface area contributed by atoms with Gasteiger partial charge < -0.3 is 10.1 Å². The molecule has 2 rings (SSSR count). The Morgan fingerprint density at radius 2 is 1.86 bits per heavy atom. The molecule has 3 nitrogen and oxygen atoms in total. The van der Waals surface area contributed by atoms with Crippen molar-refractivity contribution in [1.29, 1.82) is 0 Å². The molecule has 21 heavy (non-hydrogen) atoms. The van der Waals surface area contributed by atoms with Gasteiger partial charge in [0.2, 0.25) is 0 Å². The number of anilines is 1. The molecular formula is C16H16ClNO2S. The van der Waals surface area contributed by atoms with Crippen LogP contribution in [0.3, 0.4) is 0 Å². The van der Waals surface area contributed by atoms with Crippen molar-refractivity contribution in [2.75, 3.05) is 5.32 Å². The molecule has 1 amide bonds. The third kappa shape index (κ3) is 4.41. The minimum Gasteiger partial charge on any atom is -0.456 e. The van der Waals surface area contributed by atoms with E-state index in [9.17, 15) is 4.79 Å². The molecule has 0 aliphatic heterocycles. The number of benzene rings is 2. The Bertz CT molecular complexity index is 641. The van der Waals surface area contributed by atoms with Crippen LogP contribution in [0.15, 0.2) is 42.5 Å². The summed E-state index contributed by atoms with van der Waals surface area (Å²) < 4.78 is 5.74. The summed E-state index contributed by atoms with van der Waals surface area (Å²) in [6.07, 6.45) is 0. The van der Waals surface area contributed by atoms with Crippen molar-refractivity contribution < 1.29 is 9.53 Å². The van der Waals surface area contributed by atoms with Gasteiger partial charge in [-0.3, -0.25) is 4.79 Å². The first-order chi connectivity index (χ1) is 9.95. The molecule has 0 radical (unpaired) electrons. The van der Waals surface area contributed by atoms with E-state index in [0.717, 1.165) is 0 Å². The molecule has 110 valence electrons. The van der Waals surface area contributed by atoms with Gasteiger partial charge in [0, 0.05) is 5.69 Å². The van der Waals surface area contributed by atoms with Crippen LogP contribution in [0.5, 0.6) is 11.5 Å². The topological polar surface area (TPSA) is 38.3 Å². The fraction of sp³-hybridized carbons (Fsp3) is 0.188. The normalized spacial score (nSPS) is 10.5. The van der Waals surface area contributed by atoms with Crippen LogP contribution >= 0.6 is 24.2 Å². The van der Waals surface area contributed by atoms with Gasteiger partial charge in [0.05, 0.1) is 5.02 Å². The molecule has 0 spiro atoms. The lowest BCUT2D eigenvalue weighted by Crippen LogP contribution is -2.00. The van der Waals surface area contributed by atoms with Crippen molar-refractivity contribution in [1.82, 2.24) is 0 Å². The SMILES string of the molecule is CC(C)c1ccc(Oc2ccc(NC(=O)S)cc2Cl)cc1. The molecule has 1 N–H and O–H groups in total. The highest BCUT2D eigenvalue weighted by molar-refractivity contribution is 7.96. The summed E-state index contributed by atoms with van der Waals surface area (Å²) in [5.74, 6) is 1.73. The molecule has 0 atom stereocenters. The second-order valence-corrected chi connectivity index (χ2v) is 5.71. The minimum atomic E-state index is -0.441. The summed E-state index contributed by atoms with van der Waals surface area (Å²) in [6, 6.07) is 12.9. The fourth-order valence-corrected chi connectivity index (χ4v) is 2.18. The zero-order valence-electron chi connectivity index (χ0n) is 11.8. The van der Waals surface area contributed by atoms with Crippen LogP contribution in [0.4, 0.5) is 10.5 Å². The van der Waals surface area contributed by atoms with Crippen molar-refractivity contribution in [2.45, 2.75) is 19.8 Å². The molecule has 0 aromatic heterocycles. The number of rotatable bonds is 4. The smallest absolute Gasteiger partial charge is 0.280 e. The van der Waals surface area contributed by atoms with Gasteiger partial charge >= 0.3 is 0 Å². The van der Waals surface area contributed by atoms with Crippen LogP contribution in [0.25, 0.3) is 0 Å². The summed E-state index contributed by atoms with van der Waals surface area (Å²) >= 11 is 9.79. The third-order valence-electron chi connectivity index (χ3n) is 2.96. The van der Waals surface area contributed by atoms with E-state index >= 15 is 0 Å². The zero-order chi connectivity index (χ0) is 15.4. The van der Waals surface area contributed by atoms with Crippen LogP contribution < -0.4 is 10.1 Å². The average Bonchev–Trinajstić information content (AvgIpc) is 2.42. The minimum absolute atomic E-state index is 0.419. The first kappa shape index (κ1) is 15.7. The predicted octanol–water partition coefficient (Wildman–Crippen LogP) is 5.72. The van der Waals surface area contributed by atoms with Gasteiger partial charge in [0.25, 0.3) is 5.24 Å². The van der Waals surface area contributed by atoms with Crippen molar-refractivity contribution in [3.05, 3.63) is 53.1 Å². The molecule has 0 fully saturated rings. The van der Waals surface area contributed by atoms with Crippen LogP contribution in [0, 0.1) is 0 Å². The molecule has 0 saturated heterocycles. The summed E-state index contributed by atoms with van der Waals surface area (Å²) in [4.78, 5) is 10.9. The van der Waals surface area contributed by atoms with E-state index < -0.39 is 5.24 Å². The molecule has 5 heteroatoms. The molecular weight excluding hydrogens is 306 g/mol. The van der Waals surface area contributed by atoms with Gasteiger partial charge in [-0.25, -0.2) is 0 Å². The van der Waals surface area contributed by atoms with E-state index in [2.05, 4.69) is 31.8 Å². The van der Waals surface area contributed by atoms with Crippen molar-refractivity contribution in [3.8, 4) is 11.5 Å². The number of carbonyl (C=O) groups is 1. The van der Waals surface area contributed by atoms with Crippen LogP contribution in [0.1, 0.15) is 25.3 Å². The molecule has 0 unspecified atom stereocenters. The number of hydrogen-bond donors (Lipinski definition) is 2. The van der Waals surface area contributed by atoms with E-state index in [0.29, 0.717) is 28.1 Å². The molecule has 0 heterocycles. The average molecular weight is 322 g/mol. The highest BCUT2D eigenvalue weighted by atomic mass is 35.5. The highest BCUT2D eigenvalue weighted by Crippen LogP contribution is 2.32. The molecule has 2 aromatic rings. The predicted molar refractivity (Wildman–Crippen MR) is 90.1 cm³/mol.